The molecule has 0 unspecified atom stereocenters. The van der Waals surface area contributed by atoms with Gasteiger partial charge in [0.05, 0.1) is 11.0 Å². The lowest BCUT2D eigenvalue weighted by Crippen LogP contribution is -2.50. The summed E-state index contributed by atoms with van der Waals surface area (Å²) in [5.41, 5.74) is -1.13. The number of nitrogens with one attached hydrogen (secondary N) is 1. The second-order valence-corrected chi connectivity index (χ2v) is 5.54. The first kappa shape index (κ1) is 15.8. The van der Waals surface area contributed by atoms with E-state index in [1.165, 1.54) is 13.1 Å². The molecule has 1 saturated heterocycles. The van der Waals surface area contributed by atoms with Crippen LogP contribution in [-0.4, -0.2) is 38.0 Å². The standard InChI is InChI=1S/C15H19F3N2O/c1-19-13(21)14(6-8-20(2)9-7-14)11-4-3-5-12(10-11)15(16,17)18/h3-5,10H,6-9H2,1-2H3,(H,19,21). The third-order valence-corrected chi connectivity index (χ3v) is 4.24. The van der Waals surface area contributed by atoms with Gasteiger partial charge in [0.15, 0.2) is 0 Å². The Labute approximate surface area is 122 Å². The van der Waals surface area contributed by atoms with Gasteiger partial charge in [-0.2, -0.15) is 13.2 Å². The normalized spacial score (nSPS) is 19.3. The number of alkyl halides is 3. The van der Waals surface area contributed by atoms with Crippen molar-refractivity contribution < 1.29 is 18.0 Å². The second kappa shape index (κ2) is 5.67. The highest BCUT2D eigenvalue weighted by Gasteiger charge is 2.43. The van der Waals surface area contributed by atoms with E-state index in [1.807, 2.05) is 7.05 Å². The van der Waals surface area contributed by atoms with E-state index in [9.17, 15) is 18.0 Å². The lowest BCUT2D eigenvalue weighted by Gasteiger charge is -2.39. The Morgan fingerprint density at radius 2 is 1.90 bits per heavy atom. The van der Waals surface area contributed by atoms with Crippen LogP contribution in [0.1, 0.15) is 24.0 Å². The van der Waals surface area contributed by atoms with E-state index in [2.05, 4.69) is 10.2 Å². The molecule has 2 rings (SSSR count). The van der Waals surface area contributed by atoms with Crippen LogP contribution in [0.15, 0.2) is 24.3 Å². The Morgan fingerprint density at radius 3 is 2.43 bits per heavy atom. The Bertz CT molecular complexity index is 520. The molecule has 1 aromatic rings. The van der Waals surface area contributed by atoms with Crippen LogP contribution in [-0.2, 0) is 16.4 Å². The van der Waals surface area contributed by atoms with Crippen molar-refractivity contribution in [2.45, 2.75) is 24.4 Å². The van der Waals surface area contributed by atoms with Crippen LogP contribution in [0, 0.1) is 0 Å². The summed E-state index contributed by atoms with van der Waals surface area (Å²) in [6.45, 7) is 1.37. The molecule has 0 aromatic heterocycles. The fourth-order valence-electron chi connectivity index (χ4n) is 2.88. The van der Waals surface area contributed by atoms with Crippen molar-refractivity contribution in [2.75, 3.05) is 27.2 Å². The maximum absolute atomic E-state index is 12.9. The van der Waals surface area contributed by atoms with Crippen LogP contribution in [0.4, 0.5) is 13.2 Å². The molecule has 6 heteroatoms. The number of hydrogen-bond acceptors (Lipinski definition) is 2. The lowest BCUT2D eigenvalue weighted by molar-refractivity contribution is -0.138. The minimum absolute atomic E-state index is 0.213. The molecule has 0 aliphatic carbocycles. The summed E-state index contributed by atoms with van der Waals surface area (Å²) in [4.78, 5) is 14.4. The molecule has 0 bridgehead atoms. The quantitative estimate of drug-likeness (QED) is 0.910. The van der Waals surface area contributed by atoms with Crippen molar-refractivity contribution in [1.82, 2.24) is 10.2 Å². The Kier molecular flexibility index (Phi) is 4.27. The number of likely N-dealkylation sites (tertiary alicyclic amines) is 1. The predicted molar refractivity (Wildman–Crippen MR) is 73.9 cm³/mol. The zero-order chi connectivity index (χ0) is 15.7. The lowest BCUT2D eigenvalue weighted by atomic mass is 9.71. The molecule has 0 radical (unpaired) electrons. The minimum Gasteiger partial charge on any atom is -0.358 e. The van der Waals surface area contributed by atoms with Gasteiger partial charge in [-0.15, -0.1) is 0 Å². The molecule has 0 atom stereocenters. The maximum atomic E-state index is 12.9. The molecule has 1 N–H and O–H groups in total. The largest absolute Gasteiger partial charge is 0.416 e. The van der Waals surface area contributed by atoms with Gasteiger partial charge >= 0.3 is 6.18 Å². The minimum atomic E-state index is -4.40. The third-order valence-electron chi connectivity index (χ3n) is 4.24. The molecule has 1 aromatic carbocycles. The van der Waals surface area contributed by atoms with Gasteiger partial charge in [-0.1, -0.05) is 18.2 Å². The molecule has 3 nitrogen and oxygen atoms in total. The summed E-state index contributed by atoms with van der Waals surface area (Å²) < 4.78 is 38.7. The first-order valence-corrected chi connectivity index (χ1v) is 6.88. The molecule has 1 fully saturated rings. The number of hydrogen-bond donors (Lipinski definition) is 1. The average Bonchev–Trinajstić information content (AvgIpc) is 2.47. The zero-order valence-electron chi connectivity index (χ0n) is 12.1. The van der Waals surface area contributed by atoms with Gasteiger partial charge in [0.2, 0.25) is 5.91 Å². The molecular formula is C15H19F3N2O. The van der Waals surface area contributed by atoms with Crippen LogP contribution in [0.25, 0.3) is 0 Å². The van der Waals surface area contributed by atoms with Gasteiger partial charge in [-0.3, -0.25) is 4.79 Å². The molecular weight excluding hydrogens is 281 g/mol. The van der Waals surface area contributed by atoms with E-state index < -0.39 is 17.2 Å². The number of halogens is 3. The number of likely N-dealkylation sites (N-methyl/N-ethyl adjacent to an activating group) is 1. The zero-order valence-corrected chi connectivity index (χ0v) is 12.1. The van der Waals surface area contributed by atoms with Crippen LogP contribution in [0.5, 0.6) is 0 Å². The van der Waals surface area contributed by atoms with Crippen molar-refractivity contribution in [1.29, 1.82) is 0 Å². The topological polar surface area (TPSA) is 32.3 Å². The molecule has 21 heavy (non-hydrogen) atoms. The van der Waals surface area contributed by atoms with E-state index in [0.717, 1.165) is 12.1 Å². The van der Waals surface area contributed by atoms with Gasteiger partial charge < -0.3 is 10.2 Å². The monoisotopic (exact) mass is 300 g/mol. The van der Waals surface area contributed by atoms with Gasteiger partial charge in [-0.25, -0.2) is 0 Å². The van der Waals surface area contributed by atoms with E-state index in [4.69, 9.17) is 0 Å². The predicted octanol–water partition coefficient (Wildman–Crippen LogP) is 2.41. The van der Waals surface area contributed by atoms with Crippen LogP contribution < -0.4 is 5.32 Å². The van der Waals surface area contributed by atoms with Crippen molar-refractivity contribution in [3.8, 4) is 0 Å². The first-order valence-electron chi connectivity index (χ1n) is 6.88. The van der Waals surface area contributed by atoms with E-state index in [-0.39, 0.29) is 5.91 Å². The van der Waals surface area contributed by atoms with E-state index >= 15 is 0 Å². The van der Waals surface area contributed by atoms with Gasteiger partial charge in [0, 0.05) is 7.05 Å². The van der Waals surface area contributed by atoms with Crippen LogP contribution in [0.3, 0.4) is 0 Å². The molecule has 1 aliphatic heterocycles. The number of nitrogens with zero attached hydrogens (tertiary/aromatic N) is 1. The fraction of sp³-hybridized carbons (Fsp3) is 0.533. The summed E-state index contributed by atoms with van der Waals surface area (Å²) in [5, 5.41) is 2.61. The summed E-state index contributed by atoms with van der Waals surface area (Å²) in [7, 11) is 3.47. The smallest absolute Gasteiger partial charge is 0.358 e. The van der Waals surface area contributed by atoms with Crippen molar-refractivity contribution in [3.63, 3.8) is 0 Å². The van der Waals surface area contributed by atoms with Crippen molar-refractivity contribution >= 4 is 5.91 Å². The maximum Gasteiger partial charge on any atom is 0.416 e. The number of rotatable bonds is 2. The summed E-state index contributed by atoms with van der Waals surface area (Å²) in [6, 6.07) is 5.15. The summed E-state index contributed by atoms with van der Waals surface area (Å²) >= 11 is 0. The summed E-state index contributed by atoms with van der Waals surface area (Å²) in [5.74, 6) is -0.213. The van der Waals surface area contributed by atoms with Crippen LogP contribution in [0.2, 0.25) is 0 Å². The highest BCUT2D eigenvalue weighted by molar-refractivity contribution is 5.88. The van der Waals surface area contributed by atoms with Crippen molar-refractivity contribution in [2.24, 2.45) is 0 Å². The average molecular weight is 300 g/mol. The van der Waals surface area contributed by atoms with Gasteiger partial charge in [-0.05, 0) is 44.6 Å². The van der Waals surface area contributed by atoms with E-state index in [0.29, 0.717) is 31.5 Å². The second-order valence-electron chi connectivity index (χ2n) is 5.54. The molecule has 0 saturated carbocycles. The number of piperidine rings is 1. The summed E-state index contributed by atoms with van der Waals surface area (Å²) in [6.07, 6.45) is -3.36. The molecule has 1 amide bonds. The highest BCUT2D eigenvalue weighted by atomic mass is 19.4. The fourth-order valence-corrected chi connectivity index (χ4v) is 2.88. The molecule has 116 valence electrons. The SMILES string of the molecule is CNC(=O)C1(c2cccc(C(F)(F)F)c2)CCN(C)CC1. The number of carbonyl (C=O) groups is 1. The number of carbonyl (C=O) groups excluding carboxylic acids is 1. The van der Waals surface area contributed by atoms with Gasteiger partial charge in [0.25, 0.3) is 0 Å². The Morgan fingerprint density at radius 1 is 1.29 bits per heavy atom. The molecule has 1 aliphatic rings. The Balaban J connectivity index is 2.45. The number of amides is 1. The molecule has 0 spiro atoms. The van der Waals surface area contributed by atoms with Crippen LogP contribution >= 0.6 is 0 Å². The van der Waals surface area contributed by atoms with E-state index in [1.54, 1.807) is 6.07 Å². The van der Waals surface area contributed by atoms with Crippen molar-refractivity contribution in [3.05, 3.63) is 35.4 Å². The number of benzene rings is 1. The Hall–Kier alpha value is -1.56. The highest BCUT2D eigenvalue weighted by Crippen LogP contribution is 2.38. The third kappa shape index (κ3) is 3.05. The van der Waals surface area contributed by atoms with Gasteiger partial charge in [0.1, 0.15) is 0 Å². The molecule has 1 heterocycles. The first-order chi connectivity index (χ1) is 9.79.